The first-order valence-corrected chi connectivity index (χ1v) is 6.59. The van der Waals surface area contributed by atoms with Crippen molar-refractivity contribution < 1.29 is 9.59 Å². The van der Waals surface area contributed by atoms with E-state index in [0.29, 0.717) is 6.54 Å². The van der Waals surface area contributed by atoms with Gasteiger partial charge in [0.25, 0.3) is 0 Å². The molecule has 0 aliphatic rings. The van der Waals surface area contributed by atoms with E-state index in [1.807, 2.05) is 20.8 Å². The van der Waals surface area contributed by atoms with Gasteiger partial charge in [-0.15, -0.1) is 0 Å². The van der Waals surface area contributed by atoms with Gasteiger partial charge in [-0.2, -0.15) is 0 Å². The summed E-state index contributed by atoms with van der Waals surface area (Å²) in [6.45, 7) is 6.63. The van der Waals surface area contributed by atoms with Gasteiger partial charge in [-0.25, -0.2) is 0 Å². The molecule has 0 unspecified atom stereocenters. The van der Waals surface area contributed by atoms with Crippen LogP contribution in [0.1, 0.15) is 33.6 Å². The Morgan fingerprint density at radius 1 is 1.22 bits per heavy atom. The van der Waals surface area contributed by atoms with Crippen molar-refractivity contribution in [2.24, 2.45) is 11.7 Å². The van der Waals surface area contributed by atoms with E-state index in [1.165, 1.54) is 4.90 Å². The van der Waals surface area contributed by atoms with Crippen molar-refractivity contribution in [3.63, 3.8) is 0 Å². The normalized spacial score (nSPS) is 13.9. The highest BCUT2D eigenvalue weighted by molar-refractivity contribution is 5.87. The lowest BCUT2D eigenvalue weighted by Crippen LogP contribution is -2.50. The topological polar surface area (TPSA) is 66.6 Å². The Hall–Kier alpha value is -1.10. The van der Waals surface area contributed by atoms with Crippen LogP contribution < -0.4 is 5.73 Å². The summed E-state index contributed by atoms with van der Waals surface area (Å²) >= 11 is 0. The predicted octanol–water partition coefficient (Wildman–Crippen LogP) is 0.687. The van der Waals surface area contributed by atoms with Gasteiger partial charge >= 0.3 is 0 Å². The van der Waals surface area contributed by atoms with E-state index < -0.39 is 6.04 Å². The lowest BCUT2D eigenvalue weighted by atomic mass is 9.99. The fourth-order valence-electron chi connectivity index (χ4n) is 1.55. The lowest BCUT2D eigenvalue weighted by molar-refractivity contribution is -0.140. The van der Waals surface area contributed by atoms with Gasteiger partial charge in [-0.1, -0.05) is 27.2 Å². The smallest absolute Gasteiger partial charge is 0.241 e. The summed E-state index contributed by atoms with van der Waals surface area (Å²) in [6.07, 6.45) is 1.67. The summed E-state index contributed by atoms with van der Waals surface area (Å²) in [6, 6.07) is -0.517. The third-order valence-corrected chi connectivity index (χ3v) is 3.17. The Bertz CT molecular complexity index is 279. The monoisotopic (exact) mass is 257 g/mol. The summed E-state index contributed by atoms with van der Waals surface area (Å²) < 4.78 is 0. The van der Waals surface area contributed by atoms with Crippen LogP contribution in [-0.2, 0) is 9.59 Å². The largest absolute Gasteiger partial charge is 0.347 e. The van der Waals surface area contributed by atoms with Crippen molar-refractivity contribution in [2.75, 3.05) is 27.2 Å². The minimum Gasteiger partial charge on any atom is -0.347 e. The van der Waals surface area contributed by atoms with Crippen LogP contribution in [0.4, 0.5) is 0 Å². The number of carbonyl (C=O) groups is 2. The first-order valence-electron chi connectivity index (χ1n) is 6.59. The second kappa shape index (κ2) is 8.08. The van der Waals surface area contributed by atoms with Crippen LogP contribution in [-0.4, -0.2) is 54.8 Å². The van der Waals surface area contributed by atoms with Crippen molar-refractivity contribution >= 4 is 11.8 Å². The molecule has 0 bridgehead atoms. The zero-order valence-electron chi connectivity index (χ0n) is 12.3. The van der Waals surface area contributed by atoms with Gasteiger partial charge in [-0.05, 0) is 12.3 Å². The molecule has 0 heterocycles. The zero-order chi connectivity index (χ0) is 14.3. The quantitative estimate of drug-likeness (QED) is 0.729. The molecule has 106 valence electrons. The molecule has 0 aromatic rings. The van der Waals surface area contributed by atoms with E-state index >= 15 is 0 Å². The highest BCUT2D eigenvalue weighted by atomic mass is 16.2. The Labute approximate surface area is 110 Å². The summed E-state index contributed by atoms with van der Waals surface area (Å²) in [5, 5.41) is 0. The number of rotatable bonds is 7. The molecule has 0 aromatic carbocycles. The summed E-state index contributed by atoms with van der Waals surface area (Å²) in [5.74, 6) is -0.0686. The van der Waals surface area contributed by atoms with E-state index in [1.54, 1.807) is 19.0 Å². The molecule has 2 N–H and O–H groups in total. The van der Waals surface area contributed by atoms with Crippen molar-refractivity contribution in [3.05, 3.63) is 0 Å². The maximum absolute atomic E-state index is 12.2. The number of amides is 2. The molecule has 0 saturated carbocycles. The van der Waals surface area contributed by atoms with E-state index in [9.17, 15) is 9.59 Å². The SMILES string of the molecule is CCCN(CC(=O)N(C)C)C(=O)[C@@H](N)[C@@H](C)CC. The number of hydrogen-bond acceptors (Lipinski definition) is 3. The second-order valence-corrected chi connectivity index (χ2v) is 4.96. The van der Waals surface area contributed by atoms with Crippen molar-refractivity contribution in [2.45, 2.75) is 39.7 Å². The summed E-state index contributed by atoms with van der Waals surface area (Å²) in [5.41, 5.74) is 5.94. The third-order valence-electron chi connectivity index (χ3n) is 3.17. The van der Waals surface area contributed by atoms with Crippen LogP contribution in [0.3, 0.4) is 0 Å². The van der Waals surface area contributed by atoms with Crippen LogP contribution in [0.5, 0.6) is 0 Å². The molecular formula is C13H27N3O2. The first kappa shape index (κ1) is 16.9. The van der Waals surface area contributed by atoms with E-state index in [2.05, 4.69) is 0 Å². The molecule has 5 nitrogen and oxygen atoms in total. The number of hydrogen-bond donors (Lipinski definition) is 1. The average Bonchev–Trinajstić information content (AvgIpc) is 2.35. The standard InChI is InChI=1S/C13H27N3O2/c1-6-8-16(9-11(17)15(4)5)13(18)12(14)10(3)7-2/h10,12H,6-9,14H2,1-5H3/t10-,12-/m0/s1. The molecule has 0 spiro atoms. The average molecular weight is 257 g/mol. The molecule has 0 rings (SSSR count). The lowest BCUT2D eigenvalue weighted by Gasteiger charge is -2.28. The van der Waals surface area contributed by atoms with Gasteiger partial charge in [0.1, 0.15) is 0 Å². The van der Waals surface area contributed by atoms with E-state index in [0.717, 1.165) is 12.8 Å². The Kier molecular flexibility index (Phi) is 7.59. The maximum Gasteiger partial charge on any atom is 0.241 e. The number of nitrogens with two attached hydrogens (primary N) is 1. The predicted molar refractivity (Wildman–Crippen MR) is 73.0 cm³/mol. The molecular weight excluding hydrogens is 230 g/mol. The number of carbonyl (C=O) groups excluding carboxylic acids is 2. The highest BCUT2D eigenvalue weighted by Crippen LogP contribution is 2.09. The molecule has 5 heteroatoms. The fraction of sp³-hybridized carbons (Fsp3) is 0.846. The molecule has 2 atom stereocenters. The molecule has 0 radical (unpaired) electrons. The molecule has 0 aliphatic carbocycles. The Morgan fingerprint density at radius 3 is 2.17 bits per heavy atom. The highest BCUT2D eigenvalue weighted by Gasteiger charge is 2.26. The summed E-state index contributed by atoms with van der Waals surface area (Å²) in [4.78, 5) is 27.0. The third kappa shape index (κ3) is 5.04. The fourth-order valence-corrected chi connectivity index (χ4v) is 1.55. The second-order valence-electron chi connectivity index (χ2n) is 4.96. The molecule has 0 fully saturated rings. The maximum atomic E-state index is 12.2. The zero-order valence-corrected chi connectivity index (χ0v) is 12.3. The number of likely N-dealkylation sites (N-methyl/N-ethyl adjacent to an activating group) is 1. The van der Waals surface area contributed by atoms with E-state index in [-0.39, 0.29) is 24.3 Å². The van der Waals surface area contributed by atoms with Crippen LogP contribution >= 0.6 is 0 Å². The van der Waals surface area contributed by atoms with Crippen LogP contribution in [0.25, 0.3) is 0 Å². The van der Waals surface area contributed by atoms with Crippen molar-refractivity contribution in [1.82, 2.24) is 9.80 Å². The minimum atomic E-state index is -0.517. The van der Waals surface area contributed by atoms with Gasteiger partial charge in [0.15, 0.2) is 0 Å². The van der Waals surface area contributed by atoms with Gasteiger partial charge in [0.2, 0.25) is 11.8 Å². The minimum absolute atomic E-state index is 0.0758. The van der Waals surface area contributed by atoms with Gasteiger partial charge in [-0.3, -0.25) is 9.59 Å². The van der Waals surface area contributed by atoms with Gasteiger partial charge < -0.3 is 15.5 Å². The number of nitrogens with zero attached hydrogens (tertiary/aromatic N) is 2. The molecule has 2 amide bonds. The van der Waals surface area contributed by atoms with E-state index in [4.69, 9.17) is 5.73 Å². The van der Waals surface area contributed by atoms with Crippen LogP contribution in [0, 0.1) is 5.92 Å². The Morgan fingerprint density at radius 2 is 1.78 bits per heavy atom. The first-order chi connectivity index (χ1) is 8.34. The van der Waals surface area contributed by atoms with Gasteiger partial charge in [0, 0.05) is 20.6 Å². The summed E-state index contributed by atoms with van der Waals surface area (Å²) in [7, 11) is 3.37. The van der Waals surface area contributed by atoms with Gasteiger partial charge in [0.05, 0.1) is 12.6 Å². The molecule has 0 aliphatic heterocycles. The molecule has 0 aromatic heterocycles. The molecule has 18 heavy (non-hydrogen) atoms. The van der Waals surface area contributed by atoms with Crippen molar-refractivity contribution in [1.29, 1.82) is 0 Å². The van der Waals surface area contributed by atoms with Crippen molar-refractivity contribution in [3.8, 4) is 0 Å². The molecule has 0 saturated heterocycles. The van der Waals surface area contributed by atoms with Crippen LogP contribution in [0.15, 0.2) is 0 Å². The van der Waals surface area contributed by atoms with Crippen LogP contribution in [0.2, 0.25) is 0 Å². The Balaban J connectivity index is 4.68.